The summed E-state index contributed by atoms with van der Waals surface area (Å²) < 4.78 is 11.6. The van der Waals surface area contributed by atoms with Crippen LogP contribution in [-0.4, -0.2) is 5.91 Å². The van der Waals surface area contributed by atoms with E-state index in [1.165, 1.54) is 0 Å². The van der Waals surface area contributed by atoms with Gasteiger partial charge in [-0.25, -0.2) is 0 Å². The summed E-state index contributed by atoms with van der Waals surface area (Å²) in [7, 11) is 0. The molecule has 3 aromatic rings. The molecule has 0 saturated carbocycles. The molecule has 1 unspecified atom stereocenters. The minimum absolute atomic E-state index is 0.205. The lowest BCUT2D eigenvalue weighted by Crippen LogP contribution is -2.36. The lowest BCUT2D eigenvalue weighted by Gasteiger charge is -2.27. The SMILES string of the molecule is Nc1ccc2c(c1)C(=O)NC(c1ccc(Oc3ccccc3)cc1)O2. The number of carbonyl (C=O) groups excluding carboxylic acids is 1. The summed E-state index contributed by atoms with van der Waals surface area (Å²) in [6.07, 6.45) is -0.547. The molecule has 1 heterocycles. The Hall–Kier alpha value is -3.47. The topological polar surface area (TPSA) is 73.6 Å². The number of hydrogen-bond acceptors (Lipinski definition) is 4. The molecule has 4 rings (SSSR count). The van der Waals surface area contributed by atoms with Gasteiger partial charge in [-0.15, -0.1) is 0 Å². The monoisotopic (exact) mass is 332 g/mol. The Morgan fingerprint density at radius 1 is 0.920 bits per heavy atom. The Kier molecular flexibility index (Phi) is 3.74. The maximum Gasteiger partial charge on any atom is 0.258 e. The molecule has 124 valence electrons. The number of ether oxygens (including phenoxy) is 2. The molecule has 1 atom stereocenters. The van der Waals surface area contributed by atoms with E-state index in [1.807, 2.05) is 54.6 Å². The van der Waals surface area contributed by atoms with Gasteiger partial charge in [0.05, 0.1) is 5.56 Å². The van der Waals surface area contributed by atoms with Gasteiger partial charge in [0, 0.05) is 11.3 Å². The Balaban J connectivity index is 1.53. The number of nitrogens with two attached hydrogens (primary N) is 1. The van der Waals surface area contributed by atoms with Crippen LogP contribution in [-0.2, 0) is 0 Å². The summed E-state index contributed by atoms with van der Waals surface area (Å²) in [5, 5.41) is 2.83. The zero-order valence-electron chi connectivity index (χ0n) is 13.3. The Morgan fingerprint density at radius 3 is 2.40 bits per heavy atom. The van der Waals surface area contributed by atoms with Crippen LogP contribution in [0.3, 0.4) is 0 Å². The van der Waals surface area contributed by atoms with Gasteiger partial charge in [-0.1, -0.05) is 18.2 Å². The fourth-order valence-electron chi connectivity index (χ4n) is 2.67. The summed E-state index contributed by atoms with van der Waals surface area (Å²) in [5.41, 5.74) is 7.52. The van der Waals surface area contributed by atoms with Gasteiger partial charge in [0.2, 0.25) is 0 Å². The van der Waals surface area contributed by atoms with Crippen LogP contribution >= 0.6 is 0 Å². The third-order valence-electron chi connectivity index (χ3n) is 3.92. The second kappa shape index (κ2) is 6.20. The van der Waals surface area contributed by atoms with Crippen molar-refractivity contribution in [3.05, 3.63) is 83.9 Å². The van der Waals surface area contributed by atoms with E-state index in [1.54, 1.807) is 18.2 Å². The van der Waals surface area contributed by atoms with Crippen molar-refractivity contribution in [2.24, 2.45) is 0 Å². The molecular weight excluding hydrogens is 316 g/mol. The highest BCUT2D eigenvalue weighted by atomic mass is 16.5. The van der Waals surface area contributed by atoms with Crippen molar-refractivity contribution in [1.29, 1.82) is 0 Å². The Labute approximate surface area is 145 Å². The van der Waals surface area contributed by atoms with Crippen LogP contribution in [0.1, 0.15) is 22.1 Å². The van der Waals surface area contributed by atoms with Gasteiger partial charge < -0.3 is 20.5 Å². The van der Waals surface area contributed by atoms with E-state index in [9.17, 15) is 4.79 Å². The lowest BCUT2D eigenvalue weighted by atomic mass is 10.1. The summed E-state index contributed by atoms with van der Waals surface area (Å²) in [4.78, 5) is 12.3. The van der Waals surface area contributed by atoms with Gasteiger partial charge in [-0.05, 0) is 54.6 Å². The number of para-hydroxylation sites is 1. The third-order valence-corrected chi connectivity index (χ3v) is 3.92. The Morgan fingerprint density at radius 2 is 1.64 bits per heavy atom. The summed E-state index contributed by atoms with van der Waals surface area (Å²) in [6.45, 7) is 0. The van der Waals surface area contributed by atoms with Crippen molar-refractivity contribution in [3.63, 3.8) is 0 Å². The molecule has 3 N–H and O–H groups in total. The number of hydrogen-bond donors (Lipinski definition) is 2. The largest absolute Gasteiger partial charge is 0.466 e. The maximum absolute atomic E-state index is 12.3. The van der Waals surface area contributed by atoms with E-state index in [0.29, 0.717) is 22.7 Å². The summed E-state index contributed by atoms with van der Waals surface area (Å²) in [6, 6.07) is 22.0. The summed E-state index contributed by atoms with van der Waals surface area (Å²) >= 11 is 0. The molecule has 5 nitrogen and oxygen atoms in total. The molecular formula is C20H16N2O3. The predicted molar refractivity (Wildman–Crippen MR) is 94.6 cm³/mol. The van der Waals surface area contributed by atoms with E-state index in [2.05, 4.69) is 5.32 Å². The fraction of sp³-hybridized carbons (Fsp3) is 0.0500. The van der Waals surface area contributed by atoms with Crippen LogP contribution in [0.4, 0.5) is 5.69 Å². The zero-order chi connectivity index (χ0) is 17.2. The van der Waals surface area contributed by atoms with E-state index < -0.39 is 6.23 Å². The standard InChI is InChI=1S/C20H16N2O3/c21-14-8-11-18-17(12-14)19(23)22-20(25-18)13-6-9-16(10-7-13)24-15-4-2-1-3-5-15/h1-12,20H,21H2,(H,22,23). The smallest absolute Gasteiger partial charge is 0.258 e. The number of fused-ring (bicyclic) bond motifs is 1. The van der Waals surface area contributed by atoms with Crippen molar-refractivity contribution in [2.75, 3.05) is 5.73 Å². The molecule has 1 aliphatic rings. The molecule has 0 fully saturated rings. The highest BCUT2D eigenvalue weighted by molar-refractivity contribution is 5.98. The van der Waals surface area contributed by atoms with Gasteiger partial charge in [0.15, 0.2) is 6.23 Å². The van der Waals surface area contributed by atoms with Crippen LogP contribution in [0.2, 0.25) is 0 Å². The zero-order valence-corrected chi connectivity index (χ0v) is 13.3. The molecule has 5 heteroatoms. The number of anilines is 1. The van der Waals surface area contributed by atoms with Gasteiger partial charge in [0.1, 0.15) is 17.2 Å². The van der Waals surface area contributed by atoms with Crippen LogP contribution in [0.5, 0.6) is 17.2 Å². The minimum atomic E-state index is -0.547. The molecule has 0 radical (unpaired) electrons. The first kappa shape index (κ1) is 15.1. The van der Waals surface area contributed by atoms with Crippen LogP contribution in [0, 0.1) is 0 Å². The number of rotatable bonds is 3. The number of amides is 1. The van der Waals surface area contributed by atoms with Gasteiger partial charge in [-0.2, -0.15) is 0 Å². The minimum Gasteiger partial charge on any atom is -0.466 e. The van der Waals surface area contributed by atoms with Crippen LogP contribution < -0.4 is 20.5 Å². The van der Waals surface area contributed by atoms with Crippen molar-refractivity contribution in [3.8, 4) is 17.2 Å². The molecule has 1 aliphatic heterocycles. The average Bonchev–Trinajstić information content (AvgIpc) is 2.64. The van der Waals surface area contributed by atoms with Crippen molar-refractivity contribution < 1.29 is 14.3 Å². The number of benzene rings is 3. The predicted octanol–water partition coefficient (Wildman–Crippen LogP) is 3.88. The molecule has 25 heavy (non-hydrogen) atoms. The molecule has 3 aromatic carbocycles. The normalized spacial score (nSPS) is 15.7. The molecule has 1 amide bonds. The maximum atomic E-state index is 12.3. The summed E-state index contributed by atoms with van der Waals surface area (Å²) in [5.74, 6) is 1.80. The number of nitrogens with one attached hydrogen (secondary N) is 1. The molecule has 0 aliphatic carbocycles. The highest BCUT2D eigenvalue weighted by Gasteiger charge is 2.26. The van der Waals surface area contributed by atoms with Gasteiger partial charge in [0.25, 0.3) is 5.91 Å². The fourth-order valence-corrected chi connectivity index (χ4v) is 2.67. The van der Waals surface area contributed by atoms with Gasteiger partial charge >= 0.3 is 0 Å². The molecule has 0 bridgehead atoms. The third kappa shape index (κ3) is 3.12. The van der Waals surface area contributed by atoms with Crippen molar-refractivity contribution in [1.82, 2.24) is 5.32 Å². The van der Waals surface area contributed by atoms with E-state index in [4.69, 9.17) is 15.2 Å². The quantitative estimate of drug-likeness (QED) is 0.714. The number of carbonyl (C=O) groups is 1. The first-order chi connectivity index (χ1) is 12.2. The molecule has 0 spiro atoms. The molecule has 0 aromatic heterocycles. The average molecular weight is 332 g/mol. The first-order valence-corrected chi connectivity index (χ1v) is 7.89. The first-order valence-electron chi connectivity index (χ1n) is 7.89. The van der Waals surface area contributed by atoms with Crippen LogP contribution in [0.15, 0.2) is 72.8 Å². The Bertz CT molecular complexity index is 908. The number of nitrogen functional groups attached to an aromatic ring is 1. The van der Waals surface area contributed by atoms with Crippen molar-refractivity contribution in [2.45, 2.75) is 6.23 Å². The molecule has 0 saturated heterocycles. The van der Waals surface area contributed by atoms with Gasteiger partial charge in [-0.3, -0.25) is 4.79 Å². The second-order valence-corrected chi connectivity index (χ2v) is 5.71. The van der Waals surface area contributed by atoms with Crippen molar-refractivity contribution >= 4 is 11.6 Å². The second-order valence-electron chi connectivity index (χ2n) is 5.71. The van der Waals surface area contributed by atoms with E-state index >= 15 is 0 Å². The lowest BCUT2D eigenvalue weighted by molar-refractivity contribution is 0.0756. The van der Waals surface area contributed by atoms with E-state index in [-0.39, 0.29) is 5.91 Å². The van der Waals surface area contributed by atoms with Crippen LogP contribution in [0.25, 0.3) is 0 Å². The highest BCUT2D eigenvalue weighted by Crippen LogP contribution is 2.31. The van der Waals surface area contributed by atoms with E-state index in [0.717, 1.165) is 11.3 Å².